The highest BCUT2D eigenvalue weighted by molar-refractivity contribution is 7.18. The zero-order valence-corrected chi connectivity index (χ0v) is 11.7. The molecule has 0 aliphatic carbocycles. The minimum atomic E-state index is 0.819. The molecule has 0 saturated heterocycles. The van der Waals surface area contributed by atoms with Gasteiger partial charge >= 0.3 is 0 Å². The standard InChI is InChI=1S/C16H16N2S/c1-11-3-2-4-14-16(11)18-15(19-14)10-7-12-5-8-13(17)9-6-12/h2-6,8-9H,7,10,17H2,1H3. The highest BCUT2D eigenvalue weighted by Gasteiger charge is 2.05. The second kappa shape index (κ2) is 5.02. The van der Waals surface area contributed by atoms with Crippen LogP contribution in [-0.4, -0.2) is 4.98 Å². The van der Waals surface area contributed by atoms with Crippen molar-refractivity contribution >= 4 is 27.2 Å². The van der Waals surface area contributed by atoms with Gasteiger partial charge in [-0.1, -0.05) is 24.3 Å². The summed E-state index contributed by atoms with van der Waals surface area (Å²) in [6.45, 7) is 2.12. The molecule has 0 unspecified atom stereocenters. The zero-order chi connectivity index (χ0) is 13.2. The Morgan fingerprint density at radius 2 is 1.84 bits per heavy atom. The fraction of sp³-hybridized carbons (Fsp3) is 0.188. The van der Waals surface area contributed by atoms with Crippen LogP contribution >= 0.6 is 11.3 Å². The monoisotopic (exact) mass is 268 g/mol. The zero-order valence-electron chi connectivity index (χ0n) is 10.9. The third-order valence-corrected chi connectivity index (χ3v) is 4.35. The minimum absolute atomic E-state index is 0.819. The van der Waals surface area contributed by atoms with E-state index in [4.69, 9.17) is 10.7 Å². The van der Waals surface area contributed by atoms with Crippen molar-refractivity contribution in [3.05, 3.63) is 58.6 Å². The number of fused-ring (bicyclic) bond motifs is 1. The van der Waals surface area contributed by atoms with Gasteiger partial charge in [0.2, 0.25) is 0 Å². The Hall–Kier alpha value is -1.87. The van der Waals surface area contributed by atoms with Crippen LogP contribution in [0, 0.1) is 6.92 Å². The fourth-order valence-electron chi connectivity index (χ4n) is 2.17. The van der Waals surface area contributed by atoms with E-state index in [1.54, 1.807) is 11.3 Å². The normalized spacial score (nSPS) is 11.0. The summed E-state index contributed by atoms with van der Waals surface area (Å²) in [4.78, 5) is 4.74. The van der Waals surface area contributed by atoms with Crippen LogP contribution in [0.3, 0.4) is 0 Å². The number of anilines is 1. The number of hydrogen-bond donors (Lipinski definition) is 1. The van der Waals surface area contributed by atoms with Crippen LogP contribution in [0.25, 0.3) is 10.2 Å². The van der Waals surface area contributed by atoms with Gasteiger partial charge in [0.25, 0.3) is 0 Å². The molecule has 2 nitrogen and oxygen atoms in total. The Bertz CT molecular complexity index is 698. The van der Waals surface area contributed by atoms with Crippen molar-refractivity contribution in [2.75, 3.05) is 5.73 Å². The summed E-state index contributed by atoms with van der Waals surface area (Å²) < 4.78 is 1.28. The quantitative estimate of drug-likeness (QED) is 0.730. The van der Waals surface area contributed by atoms with Crippen LogP contribution < -0.4 is 5.73 Å². The number of nitrogen functional groups attached to an aromatic ring is 1. The van der Waals surface area contributed by atoms with Gasteiger partial charge in [-0.2, -0.15) is 0 Å². The molecule has 0 atom stereocenters. The molecule has 1 heterocycles. The van der Waals surface area contributed by atoms with Gasteiger partial charge in [0, 0.05) is 12.1 Å². The Labute approximate surface area is 116 Å². The Kier molecular flexibility index (Phi) is 3.22. The molecule has 3 heteroatoms. The molecule has 0 fully saturated rings. The molecule has 19 heavy (non-hydrogen) atoms. The average Bonchev–Trinajstić information content (AvgIpc) is 2.83. The van der Waals surface area contributed by atoms with E-state index in [9.17, 15) is 0 Å². The number of aromatic nitrogens is 1. The predicted octanol–water partition coefficient (Wildman–Crippen LogP) is 3.97. The Morgan fingerprint density at radius 1 is 1.05 bits per heavy atom. The number of aryl methyl sites for hydroxylation is 3. The molecule has 3 rings (SSSR count). The second-order valence-corrected chi connectivity index (χ2v) is 5.89. The van der Waals surface area contributed by atoms with Gasteiger partial charge in [-0.25, -0.2) is 4.98 Å². The molecule has 0 bridgehead atoms. The van der Waals surface area contributed by atoms with Crippen molar-refractivity contribution in [1.82, 2.24) is 4.98 Å². The molecule has 96 valence electrons. The topological polar surface area (TPSA) is 38.9 Å². The molecule has 0 amide bonds. The lowest BCUT2D eigenvalue weighted by Crippen LogP contribution is -1.91. The first-order chi connectivity index (χ1) is 9.22. The Balaban J connectivity index is 1.78. The number of hydrogen-bond acceptors (Lipinski definition) is 3. The lowest BCUT2D eigenvalue weighted by Gasteiger charge is -1.99. The van der Waals surface area contributed by atoms with Crippen LogP contribution in [0.4, 0.5) is 5.69 Å². The van der Waals surface area contributed by atoms with Gasteiger partial charge in [0.15, 0.2) is 0 Å². The second-order valence-electron chi connectivity index (χ2n) is 4.77. The minimum Gasteiger partial charge on any atom is -0.399 e. The largest absolute Gasteiger partial charge is 0.399 e. The van der Waals surface area contributed by atoms with E-state index in [-0.39, 0.29) is 0 Å². The maximum Gasteiger partial charge on any atom is 0.0942 e. The summed E-state index contributed by atoms with van der Waals surface area (Å²) in [6.07, 6.45) is 2.00. The van der Waals surface area contributed by atoms with Crippen molar-refractivity contribution in [3.63, 3.8) is 0 Å². The SMILES string of the molecule is Cc1cccc2sc(CCc3ccc(N)cc3)nc12. The molecule has 0 aliphatic heterocycles. The molecule has 2 aromatic carbocycles. The number of nitrogens with zero attached hydrogens (tertiary/aromatic N) is 1. The van der Waals surface area contributed by atoms with E-state index >= 15 is 0 Å². The van der Waals surface area contributed by atoms with E-state index in [1.165, 1.54) is 20.8 Å². The van der Waals surface area contributed by atoms with E-state index in [2.05, 4.69) is 37.3 Å². The van der Waals surface area contributed by atoms with Crippen LogP contribution in [0.15, 0.2) is 42.5 Å². The summed E-state index contributed by atoms with van der Waals surface area (Å²) in [5.41, 5.74) is 10.2. The first-order valence-electron chi connectivity index (χ1n) is 6.42. The lowest BCUT2D eigenvalue weighted by molar-refractivity contribution is 0.949. The average molecular weight is 268 g/mol. The molecule has 0 radical (unpaired) electrons. The lowest BCUT2D eigenvalue weighted by atomic mass is 10.1. The number of thiazole rings is 1. The number of benzene rings is 2. The number of para-hydroxylation sites is 1. The summed E-state index contributed by atoms with van der Waals surface area (Å²) >= 11 is 1.80. The van der Waals surface area contributed by atoms with E-state index in [0.717, 1.165) is 24.0 Å². The smallest absolute Gasteiger partial charge is 0.0942 e. The molecular weight excluding hydrogens is 252 g/mol. The third-order valence-electron chi connectivity index (χ3n) is 3.27. The molecule has 2 N–H and O–H groups in total. The van der Waals surface area contributed by atoms with Crippen LogP contribution in [0.2, 0.25) is 0 Å². The first-order valence-corrected chi connectivity index (χ1v) is 7.23. The molecular formula is C16H16N2S. The maximum absolute atomic E-state index is 5.69. The number of rotatable bonds is 3. The third kappa shape index (κ3) is 2.61. The van der Waals surface area contributed by atoms with Crippen molar-refractivity contribution in [3.8, 4) is 0 Å². The van der Waals surface area contributed by atoms with Gasteiger partial charge in [-0.05, 0) is 42.7 Å². The van der Waals surface area contributed by atoms with Crippen LogP contribution in [0.1, 0.15) is 16.1 Å². The highest BCUT2D eigenvalue weighted by atomic mass is 32.1. The fourth-order valence-corrected chi connectivity index (χ4v) is 3.22. The molecule has 0 spiro atoms. The molecule has 0 aliphatic rings. The van der Waals surface area contributed by atoms with Crippen LogP contribution in [0.5, 0.6) is 0 Å². The summed E-state index contributed by atoms with van der Waals surface area (Å²) in [6, 6.07) is 14.5. The summed E-state index contributed by atoms with van der Waals surface area (Å²) in [7, 11) is 0. The van der Waals surface area contributed by atoms with Gasteiger partial charge in [0.1, 0.15) is 0 Å². The van der Waals surface area contributed by atoms with E-state index in [1.807, 2.05) is 12.1 Å². The van der Waals surface area contributed by atoms with Gasteiger partial charge in [-0.15, -0.1) is 11.3 Å². The summed E-state index contributed by atoms with van der Waals surface area (Å²) in [5, 5.41) is 1.21. The van der Waals surface area contributed by atoms with Crippen molar-refractivity contribution in [2.45, 2.75) is 19.8 Å². The maximum atomic E-state index is 5.69. The summed E-state index contributed by atoms with van der Waals surface area (Å²) in [5.74, 6) is 0. The molecule has 1 aromatic heterocycles. The molecule has 0 saturated carbocycles. The van der Waals surface area contributed by atoms with Gasteiger partial charge in [0.05, 0.1) is 15.2 Å². The van der Waals surface area contributed by atoms with E-state index in [0.29, 0.717) is 0 Å². The van der Waals surface area contributed by atoms with Crippen molar-refractivity contribution in [1.29, 1.82) is 0 Å². The van der Waals surface area contributed by atoms with Gasteiger partial charge in [-0.3, -0.25) is 0 Å². The first kappa shape index (κ1) is 12.2. The number of nitrogens with two attached hydrogens (primary N) is 1. The van der Waals surface area contributed by atoms with Gasteiger partial charge < -0.3 is 5.73 Å². The Morgan fingerprint density at radius 3 is 2.58 bits per heavy atom. The predicted molar refractivity (Wildman–Crippen MR) is 82.6 cm³/mol. The highest BCUT2D eigenvalue weighted by Crippen LogP contribution is 2.25. The van der Waals surface area contributed by atoms with Crippen molar-refractivity contribution < 1.29 is 0 Å². The van der Waals surface area contributed by atoms with Crippen molar-refractivity contribution in [2.24, 2.45) is 0 Å². The van der Waals surface area contributed by atoms with Crippen LogP contribution in [-0.2, 0) is 12.8 Å². The van der Waals surface area contributed by atoms with E-state index < -0.39 is 0 Å². The molecule has 3 aromatic rings.